The molecule has 1 aliphatic rings. The number of nitrogens with zero attached hydrogens (tertiary/aromatic N) is 4. The van der Waals surface area contributed by atoms with Crippen LogP contribution in [0.3, 0.4) is 0 Å². The van der Waals surface area contributed by atoms with Gasteiger partial charge in [0.2, 0.25) is 15.9 Å². The Kier molecular flexibility index (Phi) is 6.70. The number of amides is 1. The van der Waals surface area contributed by atoms with E-state index in [4.69, 9.17) is 27.9 Å². The largest absolute Gasteiger partial charge is 0.379 e. The molecular weight excluding hydrogens is 485 g/mol. The predicted octanol–water partition coefficient (Wildman–Crippen LogP) is 2.79. The average Bonchev–Trinajstić information content (AvgIpc) is 3.16. The number of thioether (sulfide) groups is 1. The van der Waals surface area contributed by atoms with E-state index in [1.807, 2.05) is 0 Å². The topological polar surface area (TPSA) is 106 Å². The van der Waals surface area contributed by atoms with Gasteiger partial charge in [0.15, 0.2) is 10.8 Å². The van der Waals surface area contributed by atoms with Crippen LogP contribution in [0.1, 0.15) is 0 Å². The lowest BCUT2D eigenvalue weighted by Crippen LogP contribution is -2.40. The van der Waals surface area contributed by atoms with Crippen LogP contribution < -0.4 is 5.32 Å². The third-order valence-corrected chi connectivity index (χ3v) is 7.78. The fraction of sp³-hybridized carbons (Fsp3) is 0.278. The predicted molar refractivity (Wildman–Crippen MR) is 118 cm³/mol. The standard InChI is InChI=1S/C18H17Cl2N5O4S2/c19-12-8-15(20)17-22-23-18(25(17)10-12)30-11-16(26)21-13-2-1-3-14(9-13)31(27,28)24-4-6-29-7-5-24/h1-3,8-10H,4-7,11H2,(H,21,26). The van der Waals surface area contributed by atoms with Crippen molar-refractivity contribution in [2.24, 2.45) is 0 Å². The van der Waals surface area contributed by atoms with E-state index in [2.05, 4.69) is 15.5 Å². The molecular formula is C18H17Cl2N5O4S2. The number of halogens is 2. The molecule has 0 radical (unpaired) electrons. The van der Waals surface area contributed by atoms with Crippen LogP contribution in [0.25, 0.3) is 5.65 Å². The maximum atomic E-state index is 12.8. The van der Waals surface area contributed by atoms with Crippen LogP contribution in [0, 0.1) is 0 Å². The molecule has 9 nitrogen and oxygen atoms in total. The van der Waals surface area contributed by atoms with Crippen molar-refractivity contribution in [3.05, 3.63) is 46.6 Å². The summed E-state index contributed by atoms with van der Waals surface area (Å²) in [6, 6.07) is 7.73. The van der Waals surface area contributed by atoms with Crippen molar-refractivity contribution in [2.75, 3.05) is 37.4 Å². The first-order valence-corrected chi connectivity index (χ1v) is 12.3. The molecule has 4 rings (SSSR count). The van der Waals surface area contributed by atoms with E-state index < -0.39 is 10.0 Å². The van der Waals surface area contributed by atoms with Gasteiger partial charge < -0.3 is 10.1 Å². The Bertz CT molecular complexity index is 1230. The number of nitrogens with one attached hydrogen (secondary N) is 1. The molecule has 1 amide bonds. The number of aromatic nitrogens is 3. The van der Waals surface area contributed by atoms with Gasteiger partial charge in [-0.1, -0.05) is 41.0 Å². The van der Waals surface area contributed by atoms with Crippen molar-refractivity contribution in [1.29, 1.82) is 0 Å². The maximum absolute atomic E-state index is 12.8. The first-order valence-electron chi connectivity index (χ1n) is 9.15. The number of carbonyl (C=O) groups is 1. The molecule has 2 aromatic heterocycles. The Labute approximate surface area is 192 Å². The second-order valence-electron chi connectivity index (χ2n) is 6.56. The van der Waals surface area contributed by atoms with E-state index in [0.717, 1.165) is 11.8 Å². The zero-order valence-electron chi connectivity index (χ0n) is 16.0. The molecule has 3 heterocycles. The minimum absolute atomic E-state index is 0.0331. The van der Waals surface area contributed by atoms with E-state index >= 15 is 0 Å². The number of sulfonamides is 1. The monoisotopic (exact) mass is 501 g/mol. The van der Waals surface area contributed by atoms with Gasteiger partial charge in [-0.2, -0.15) is 4.31 Å². The summed E-state index contributed by atoms with van der Waals surface area (Å²) in [5.74, 6) is -0.290. The van der Waals surface area contributed by atoms with Crippen LogP contribution in [0.2, 0.25) is 10.0 Å². The van der Waals surface area contributed by atoms with Crippen molar-refractivity contribution < 1.29 is 17.9 Å². The molecule has 3 aromatic rings. The molecule has 31 heavy (non-hydrogen) atoms. The number of ether oxygens (including phenoxy) is 1. The van der Waals surface area contributed by atoms with Crippen molar-refractivity contribution in [1.82, 2.24) is 18.9 Å². The van der Waals surface area contributed by atoms with Crippen LogP contribution in [-0.4, -0.2) is 65.3 Å². The third-order valence-electron chi connectivity index (χ3n) is 4.45. The fourth-order valence-corrected chi connectivity index (χ4v) is 5.67. The van der Waals surface area contributed by atoms with Gasteiger partial charge in [0.1, 0.15) is 0 Å². The van der Waals surface area contributed by atoms with Crippen molar-refractivity contribution in [3.8, 4) is 0 Å². The average molecular weight is 502 g/mol. The molecule has 0 aliphatic carbocycles. The minimum Gasteiger partial charge on any atom is -0.379 e. The molecule has 0 saturated carbocycles. The van der Waals surface area contributed by atoms with Gasteiger partial charge >= 0.3 is 0 Å². The Balaban J connectivity index is 1.43. The number of pyridine rings is 1. The van der Waals surface area contributed by atoms with Gasteiger partial charge in [-0.15, -0.1) is 10.2 Å². The molecule has 1 aliphatic heterocycles. The molecule has 0 bridgehead atoms. The number of benzene rings is 1. The van der Waals surface area contributed by atoms with E-state index in [9.17, 15) is 13.2 Å². The van der Waals surface area contributed by atoms with Crippen molar-refractivity contribution >= 4 is 62.2 Å². The summed E-state index contributed by atoms with van der Waals surface area (Å²) in [6.07, 6.45) is 1.61. The zero-order chi connectivity index (χ0) is 22.0. The lowest BCUT2D eigenvalue weighted by Gasteiger charge is -2.26. The zero-order valence-corrected chi connectivity index (χ0v) is 19.1. The minimum atomic E-state index is -3.65. The van der Waals surface area contributed by atoms with Crippen LogP contribution >= 0.6 is 35.0 Å². The van der Waals surface area contributed by atoms with Gasteiger partial charge in [-0.3, -0.25) is 9.20 Å². The molecule has 0 atom stereocenters. The summed E-state index contributed by atoms with van der Waals surface area (Å²) in [7, 11) is -3.65. The summed E-state index contributed by atoms with van der Waals surface area (Å²) in [4.78, 5) is 12.5. The van der Waals surface area contributed by atoms with Crippen molar-refractivity contribution in [2.45, 2.75) is 10.1 Å². The Hall–Kier alpha value is -1.89. The number of carbonyl (C=O) groups excluding carboxylic acids is 1. The molecule has 0 unspecified atom stereocenters. The molecule has 0 spiro atoms. The van der Waals surface area contributed by atoms with Crippen LogP contribution in [0.4, 0.5) is 5.69 Å². The van der Waals surface area contributed by atoms with Gasteiger partial charge in [-0.25, -0.2) is 8.42 Å². The Morgan fingerprint density at radius 2 is 1.97 bits per heavy atom. The van der Waals surface area contributed by atoms with Crippen molar-refractivity contribution in [3.63, 3.8) is 0 Å². The number of fused-ring (bicyclic) bond motifs is 1. The summed E-state index contributed by atoms with van der Waals surface area (Å²) in [5, 5.41) is 12.0. The molecule has 164 valence electrons. The first kappa shape index (κ1) is 22.3. The van der Waals surface area contributed by atoms with Crippen LogP contribution in [-0.2, 0) is 19.6 Å². The lowest BCUT2D eigenvalue weighted by molar-refractivity contribution is -0.113. The van der Waals surface area contributed by atoms with Gasteiger partial charge in [-0.05, 0) is 24.3 Å². The second kappa shape index (κ2) is 9.31. The fourth-order valence-electron chi connectivity index (χ4n) is 3.00. The first-order chi connectivity index (χ1) is 14.8. The summed E-state index contributed by atoms with van der Waals surface area (Å²) < 4.78 is 33.8. The summed E-state index contributed by atoms with van der Waals surface area (Å²) >= 11 is 13.3. The smallest absolute Gasteiger partial charge is 0.243 e. The summed E-state index contributed by atoms with van der Waals surface area (Å²) in [6.45, 7) is 1.33. The Morgan fingerprint density at radius 3 is 2.74 bits per heavy atom. The molecule has 1 fully saturated rings. The van der Waals surface area contributed by atoms with E-state index in [-0.39, 0.29) is 16.6 Å². The van der Waals surface area contributed by atoms with Crippen LogP contribution in [0.15, 0.2) is 46.6 Å². The van der Waals surface area contributed by atoms with Crippen LogP contribution in [0.5, 0.6) is 0 Å². The van der Waals surface area contributed by atoms with E-state index in [1.165, 1.54) is 16.4 Å². The highest BCUT2D eigenvalue weighted by atomic mass is 35.5. The van der Waals surface area contributed by atoms with E-state index in [0.29, 0.717) is 52.8 Å². The van der Waals surface area contributed by atoms with E-state index in [1.54, 1.807) is 28.8 Å². The summed E-state index contributed by atoms with van der Waals surface area (Å²) in [5.41, 5.74) is 0.826. The maximum Gasteiger partial charge on any atom is 0.243 e. The molecule has 13 heteroatoms. The van der Waals surface area contributed by atoms with Gasteiger partial charge in [0.05, 0.1) is 33.9 Å². The number of hydrogen-bond acceptors (Lipinski definition) is 7. The molecule has 1 saturated heterocycles. The lowest BCUT2D eigenvalue weighted by atomic mass is 10.3. The van der Waals surface area contributed by atoms with Gasteiger partial charge in [0.25, 0.3) is 0 Å². The highest BCUT2D eigenvalue weighted by Crippen LogP contribution is 2.26. The highest BCUT2D eigenvalue weighted by molar-refractivity contribution is 7.99. The quantitative estimate of drug-likeness (QED) is 0.517. The Morgan fingerprint density at radius 1 is 1.19 bits per heavy atom. The third kappa shape index (κ3) is 4.97. The number of anilines is 1. The van der Waals surface area contributed by atoms with Gasteiger partial charge in [0, 0.05) is 25.0 Å². The molecule has 1 aromatic carbocycles. The number of morpholine rings is 1. The number of rotatable bonds is 6. The second-order valence-corrected chi connectivity index (χ2v) is 10.3. The molecule has 1 N–H and O–H groups in total. The number of hydrogen-bond donors (Lipinski definition) is 1. The normalized spacial score (nSPS) is 15.3. The SMILES string of the molecule is O=C(CSc1nnc2c(Cl)cc(Cl)cn12)Nc1cccc(S(=O)(=O)N2CCOCC2)c1. The highest BCUT2D eigenvalue weighted by Gasteiger charge is 2.26.